The Morgan fingerprint density at radius 1 is 1.00 bits per heavy atom. The van der Waals surface area contributed by atoms with Crippen LogP contribution < -0.4 is 4.74 Å². The van der Waals surface area contributed by atoms with Crippen LogP contribution in [0.5, 0.6) is 5.75 Å². The molecule has 7 heteroatoms. The van der Waals surface area contributed by atoms with Gasteiger partial charge in [-0.1, -0.05) is 54.1 Å². The number of hydrogen-bond acceptors (Lipinski definition) is 3. The molecular weight excluding hydrogens is 430 g/mol. The van der Waals surface area contributed by atoms with Crippen molar-refractivity contribution in [1.82, 2.24) is 0 Å². The van der Waals surface area contributed by atoms with Gasteiger partial charge in [0.05, 0.1) is 5.02 Å². The molecule has 0 saturated heterocycles. The summed E-state index contributed by atoms with van der Waals surface area (Å²) in [6.07, 6.45) is 1.77. The number of hydrogen-bond donors (Lipinski definition) is 1. The van der Waals surface area contributed by atoms with Crippen molar-refractivity contribution < 1.29 is 23.4 Å². The summed E-state index contributed by atoms with van der Waals surface area (Å²) in [5.41, 5.74) is 1.10. The number of halogens is 3. The minimum Gasteiger partial charge on any atom is -0.480 e. The quantitative estimate of drug-likeness (QED) is 0.412. The second-order valence-corrected chi connectivity index (χ2v) is 7.66. The highest BCUT2D eigenvalue weighted by Gasteiger charge is 2.13. The Kier molecular flexibility index (Phi) is 7.49. The summed E-state index contributed by atoms with van der Waals surface area (Å²) < 4.78 is 33.9. The zero-order valence-electron chi connectivity index (χ0n) is 15.6. The highest BCUT2D eigenvalue weighted by molar-refractivity contribution is 7.99. The van der Waals surface area contributed by atoms with E-state index in [0.717, 1.165) is 4.90 Å². The molecule has 0 spiro atoms. The fourth-order valence-corrected chi connectivity index (χ4v) is 3.88. The molecule has 0 amide bonds. The van der Waals surface area contributed by atoms with Crippen molar-refractivity contribution in [1.29, 1.82) is 0 Å². The molecule has 3 aromatic rings. The normalized spacial score (nSPS) is 10.5. The number of carboxylic acids is 1. The standard InChI is InChI=1S/C23H17ClF2O3S/c24-19-13-15(9-10-22(19)29-14-23(27)28)30-12-11-16(17-5-1-3-7-20(17)25)18-6-2-4-8-21(18)26/h1-11,13H,12,14H2,(H,27,28). The summed E-state index contributed by atoms with van der Waals surface area (Å²) >= 11 is 7.56. The molecule has 0 saturated carbocycles. The fourth-order valence-electron chi connectivity index (χ4n) is 2.77. The zero-order valence-corrected chi connectivity index (χ0v) is 17.2. The lowest BCUT2D eigenvalue weighted by atomic mass is 9.97. The maximum absolute atomic E-state index is 14.4. The molecule has 1 N–H and O–H groups in total. The van der Waals surface area contributed by atoms with Crippen molar-refractivity contribution in [2.45, 2.75) is 4.90 Å². The van der Waals surface area contributed by atoms with Gasteiger partial charge in [0.25, 0.3) is 0 Å². The van der Waals surface area contributed by atoms with Crippen LogP contribution in [0, 0.1) is 11.6 Å². The number of thioether (sulfide) groups is 1. The molecule has 0 unspecified atom stereocenters. The lowest BCUT2D eigenvalue weighted by Crippen LogP contribution is -2.09. The SMILES string of the molecule is O=C(O)COc1ccc(SCC=C(c2ccccc2F)c2ccccc2F)cc1Cl. The Morgan fingerprint density at radius 2 is 1.60 bits per heavy atom. The second kappa shape index (κ2) is 10.3. The Labute approximate surface area is 182 Å². The van der Waals surface area contributed by atoms with Crippen LogP contribution in [-0.4, -0.2) is 23.4 Å². The molecule has 0 heterocycles. The Bertz CT molecular complexity index is 1040. The first-order chi connectivity index (χ1) is 14.5. The van der Waals surface area contributed by atoms with Crippen molar-refractivity contribution >= 4 is 34.9 Å². The van der Waals surface area contributed by atoms with E-state index in [4.69, 9.17) is 21.4 Å². The van der Waals surface area contributed by atoms with Crippen LogP contribution in [0.2, 0.25) is 5.02 Å². The molecule has 0 aliphatic rings. The van der Waals surface area contributed by atoms with Gasteiger partial charge >= 0.3 is 5.97 Å². The summed E-state index contributed by atoms with van der Waals surface area (Å²) in [4.78, 5) is 11.4. The number of aliphatic carboxylic acids is 1. The average Bonchev–Trinajstić information content (AvgIpc) is 2.72. The van der Waals surface area contributed by atoms with Gasteiger partial charge in [0, 0.05) is 21.8 Å². The van der Waals surface area contributed by atoms with Crippen LogP contribution >= 0.6 is 23.4 Å². The summed E-state index contributed by atoms with van der Waals surface area (Å²) in [5, 5.41) is 8.97. The van der Waals surface area contributed by atoms with Gasteiger partial charge in [-0.05, 0) is 35.9 Å². The van der Waals surface area contributed by atoms with Gasteiger partial charge in [-0.3, -0.25) is 0 Å². The van der Waals surface area contributed by atoms with Crippen LogP contribution in [0.25, 0.3) is 5.57 Å². The second-order valence-electron chi connectivity index (χ2n) is 6.16. The summed E-state index contributed by atoms with van der Waals surface area (Å²) in [6.45, 7) is -0.483. The Hall–Kier alpha value is -2.83. The van der Waals surface area contributed by atoms with E-state index in [1.165, 1.54) is 23.9 Å². The van der Waals surface area contributed by atoms with Crippen molar-refractivity contribution in [3.8, 4) is 5.75 Å². The molecule has 3 aromatic carbocycles. The predicted molar refractivity (Wildman–Crippen MR) is 115 cm³/mol. The van der Waals surface area contributed by atoms with E-state index in [0.29, 0.717) is 22.5 Å². The third kappa shape index (κ3) is 5.62. The third-order valence-corrected chi connectivity index (χ3v) is 5.34. The molecule has 0 radical (unpaired) electrons. The molecule has 154 valence electrons. The van der Waals surface area contributed by atoms with Crippen molar-refractivity contribution in [2.24, 2.45) is 0 Å². The van der Waals surface area contributed by atoms with E-state index in [9.17, 15) is 13.6 Å². The van der Waals surface area contributed by atoms with Gasteiger partial charge in [-0.2, -0.15) is 0 Å². The van der Waals surface area contributed by atoms with Gasteiger partial charge in [0.2, 0.25) is 0 Å². The number of ether oxygens (including phenoxy) is 1. The van der Waals surface area contributed by atoms with E-state index in [1.807, 2.05) is 0 Å². The van der Waals surface area contributed by atoms with E-state index < -0.39 is 24.2 Å². The third-order valence-electron chi connectivity index (χ3n) is 4.12. The summed E-state index contributed by atoms with van der Waals surface area (Å²) in [7, 11) is 0. The van der Waals surface area contributed by atoms with Crippen LogP contribution in [-0.2, 0) is 4.79 Å². The van der Waals surface area contributed by atoms with Crippen LogP contribution in [0.1, 0.15) is 11.1 Å². The number of rotatable bonds is 8. The minimum absolute atomic E-state index is 0.275. The highest BCUT2D eigenvalue weighted by Crippen LogP contribution is 2.32. The average molecular weight is 447 g/mol. The molecule has 3 nitrogen and oxygen atoms in total. The maximum Gasteiger partial charge on any atom is 0.341 e. The van der Waals surface area contributed by atoms with Crippen molar-refractivity contribution in [3.05, 3.63) is 101 Å². The van der Waals surface area contributed by atoms with Gasteiger partial charge in [0.15, 0.2) is 6.61 Å². The van der Waals surface area contributed by atoms with Gasteiger partial charge in [-0.25, -0.2) is 13.6 Å². The monoisotopic (exact) mass is 446 g/mol. The zero-order chi connectivity index (χ0) is 21.5. The van der Waals surface area contributed by atoms with Crippen molar-refractivity contribution in [3.63, 3.8) is 0 Å². The first-order valence-electron chi connectivity index (χ1n) is 8.92. The number of carboxylic acid groups (broad SMARTS) is 1. The van der Waals surface area contributed by atoms with E-state index in [-0.39, 0.29) is 10.8 Å². The molecule has 0 atom stereocenters. The van der Waals surface area contributed by atoms with Crippen LogP contribution in [0.15, 0.2) is 77.7 Å². The first kappa shape index (κ1) is 21.9. The number of benzene rings is 3. The lowest BCUT2D eigenvalue weighted by molar-refractivity contribution is -0.139. The topological polar surface area (TPSA) is 46.5 Å². The summed E-state index contributed by atoms with van der Waals surface area (Å²) in [6, 6.07) is 17.5. The van der Waals surface area contributed by atoms with E-state index >= 15 is 0 Å². The molecule has 0 aliphatic carbocycles. The molecule has 0 fully saturated rings. The van der Waals surface area contributed by atoms with Gasteiger partial charge in [-0.15, -0.1) is 11.8 Å². The molecule has 0 bridgehead atoms. The largest absolute Gasteiger partial charge is 0.480 e. The molecule has 3 rings (SSSR count). The van der Waals surface area contributed by atoms with Gasteiger partial charge in [0.1, 0.15) is 17.4 Å². The smallest absolute Gasteiger partial charge is 0.341 e. The molecule has 0 aromatic heterocycles. The molecule has 30 heavy (non-hydrogen) atoms. The highest BCUT2D eigenvalue weighted by atomic mass is 35.5. The Balaban J connectivity index is 1.82. The summed E-state index contributed by atoms with van der Waals surface area (Å²) in [5.74, 6) is -1.25. The van der Waals surface area contributed by atoms with Gasteiger partial charge < -0.3 is 9.84 Å². The number of carbonyl (C=O) groups is 1. The fraction of sp³-hybridized carbons (Fsp3) is 0.0870. The van der Waals surface area contributed by atoms with Crippen LogP contribution in [0.3, 0.4) is 0 Å². The van der Waals surface area contributed by atoms with E-state index in [2.05, 4.69) is 0 Å². The van der Waals surface area contributed by atoms with E-state index in [1.54, 1.807) is 60.7 Å². The molecular formula is C23H17ClF2O3S. The van der Waals surface area contributed by atoms with Crippen molar-refractivity contribution in [2.75, 3.05) is 12.4 Å². The first-order valence-corrected chi connectivity index (χ1v) is 10.3. The molecule has 0 aliphatic heterocycles. The predicted octanol–water partition coefficient (Wildman–Crippen LogP) is 6.31. The maximum atomic E-state index is 14.4. The minimum atomic E-state index is -1.09. The van der Waals surface area contributed by atoms with Crippen LogP contribution in [0.4, 0.5) is 8.78 Å². The lowest BCUT2D eigenvalue weighted by Gasteiger charge is -2.11. The Morgan fingerprint density at radius 3 is 2.13 bits per heavy atom.